The molecule has 21 heavy (non-hydrogen) atoms. The van der Waals surface area contributed by atoms with Crippen LogP contribution in [0.1, 0.15) is 24.8 Å². The van der Waals surface area contributed by atoms with Gasteiger partial charge in [-0.15, -0.1) is 0 Å². The van der Waals surface area contributed by atoms with Gasteiger partial charge in [0.2, 0.25) is 15.9 Å². The molecule has 0 aliphatic carbocycles. The topological polar surface area (TPSA) is 92.5 Å². The fraction of sp³-hybridized carbons (Fsp3) is 0.500. The lowest BCUT2D eigenvalue weighted by Crippen LogP contribution is -2.43. The van der Waals surface area contributed by atoms with E-state index in [9.17, 15) is 13.2 Å². The molecule has 0 spiro atoms. The molecule has 3 N–H and O–H groups in total. The van der Waals surface area contributed by atoms with Gasteiger partial charge in [0.15, 0.2) is 0 Å². The van der Waals surface area contributed by atoms with Crippen LogP contribution in [0.25, 0.3) is 0 Å². The van der Waals surface area contributed by atoms with Crippen LogP contribution in [0.15, 0.2) is 23.1 Å². The fourth-order valence-corrected chi connectivity index (χ4v) is 5.10. The standard InChI is InChI=1S/C14H19N3O3S/c15-14(18)12-6-3-9-17(12)21(19,20)13-7-1-5-11-10(13)4-2-8-16-11/h1,5,7,12,16H,2-4,6,8-9H2,(H2,15,18). The molecule has 114 valence electrons. The van der Waals surface area contributed by atoms with E-state index in [1.165, 1.54) is 4.31 Å². The van der Waals surface area contributed by atoms with Crippen LogP contribution in [0.2, 0.25) is 0 Å². The highest BCUT2D eigenvalue weighted by Crippen LogP contribution is 2.33. The van der Waals surface area contributed by atoms with Crippen molar-refractivity contribution in [3.63, 3.8) is 0 Å². The summed E-state index contributed by atoms with van der Waals surface area (Å²) in [5.74, 6) is -0.570. The van der Waals surface area contributed by atoms with Crippen molar-refractivity contribution in [2.75, 3.05) is 18.4 Å². The smallest absolute Gasteiger partial charge is 0.244 e. The number of carbonyl (C=O) groups is 1. The molecule has 0 saturated carbocycles. The summed E-state index contributed by atoms with van der Waals surface area (Å²) in [7, 11) is -3.68. The first-order valence-electron chi connectivity index (χ1n) is 7.19. The number of sulfonamides is 1. The molecule has 0 radical (unpaired) electrons. The zero-order valence-electron chi connectivity index (χ0n) is 11.7. The number of nitrogens with zero attached hydrogens (tertiary/aromatic N) is 1. The van der Waals surface area contributed by atoms with Gasteiger partial charge in [-0.3, -0.25) is 4.79 Å². The van der Waals surface area contributed by atoms with E-state index in [1.54, 1.807) is 12.1 Å². The third kappa shape index (κ3) is 2.40. The van der Waals surface area contributed by atoms with Crippen LogP contribution in [0.3, 0.4) is 0 Å². The van der Waals surface area contributed by atoms with Crippen LogP contribution in [0.4, 0.5) is 5.69 Å². The van der Waals surface area contributed by atoms with Gasteiger partial charge < -0.3 is 11.1 Å². The predicted molar refractivity (Wildman–Crippen MR) is 79.4 cm³/mol. The van der Waals surface area contributed by atoms with Gasteiger partial charge in [-0.25, -0.2) is 8.42 Å². The first-order chi connectivity index (χ1) is 10.0. The molecule has 1 unspecified atom stereocenters. The van der Waals surface area contributed by atoms with Crippen molar-refractivity contribution < 1.29 is 13.2 Å². The first kappa shape index (κ1) is 14.3. The van der Waals surface area contributed by atoms with E-state index in [1.807, 2.05) is 6.07 Å². The van der Waals surface area contributed by atoms with E-state index in [-0.39, 0.29) is 0 Å². The monoisotopic (exact) mass is 309 g/mol. The van der Waals surface area contributed by atoms with Crippen LogP contribution in [-0.2, 0) is 21.2 Å². The summed E-state index contributed by atoms with van der Waals surface area (Å²) >= 11 is 0. The number of benzene rings is 1. The maximum absolute atomic E-state index is 12.9. The van der Waals surface area contributed by atoms with Crippen LogP contribution >= 0.6 is 0 Å². The van der Waals surface area contributed by atoms with Crippen molar-refractivity contribution in [3.05, 3.63) is 23.8 Å². The quantitative estimate of drug-likeness (QED) is 0.859. The highest BCUT2D eigenvalue weighted by molar-refractivity contribution is 7.89. The minimum absolute atomic E-state index is 0.306. The molecule has 7 heteroatoms. The second kappa shape index (κ2) is 5.31. The molecule has 2 aliphatic heterocycles. The second-order valence-corrected chi connectivity index (χ2v) is 7.35. The molecule has 2 aliphatic rings. The number of rotatable bonds is 3. The normalized spacial score (nSPS) is 22.6. The van der Waals surface area contributed by atoms with Crippen LogP contribution in [0, 0.1) is 0 Å². The van der Waals surface area contributed by atoms with Gasteiger partial charge in [0.25, 0.3) is 0 Å². The maximum atomic E-state index is 12.9. The summed E-state index contributed by atoms with van der Waals surface area (Å²) in [5, 5.41) is 3.23. The SMILES string of the molecule is NC(=O)C1CCCN1S(=O)(=O)c1cccc2c1CCCN2. The number of amides is 1. The van der Waals surface area contributed by atoms with E-state index in [2.05, 4.69) is 5.32 Å². The van der Waals surface area contributed by atoms with Crippen molar-refractivity contribution in [3.8, 4) is 0 Å². The number of nitrogens with two attached hydrogens (primary N) is 1. The molecule has 1 atom stereocenters. The lowest BCUT2D eigenvalue weighted by atomic mass is 10.0. The Kier molecular flexibility index (Phi) is 3.62. The molecule has 1 amide bonds. The van der Waals surface area contributed by atoms with Crippen molar-refractivity contribution in [1.82, 2.24) is 4.31 Å². The zero-order chi connectivity index (χ0) is 15.0. The Balaban J connectivity index is 2.05. The van der Waals surface area contributed by atoms with E-state index >= 15 is 0 Å². The number of nitrogens with one attached hydrogen (secondary N) is 1. The van der Waals surface area contributed by atoms with Crippen LogP contribution in [0.5, 0.6) is 0 Å². The molecule has 1 fully saturated rings. The maximum Gasteiger partial charge on any atom is 0.244 e. The highest BCUT2D eigenvalue weighted by Gasteiger charge is 2.39. The summed E-state index contributed by atoms with van der Waals surface area (Å²) < 4.78 is 27.1. The predicted octanol–water partition coefficient (Wildman–Crippen LogP) is 0.683. The number of fused-ring (bicyclic) bond motifs is 1. The van der Waals surface area contributed by atoms with Gasteiger partial charge in [0.05, 0.1) is 4.90 Å². The van der Waals surface area contributed by atoms with E-state index in [4.69, 9.17) is 5.73 Å². The Labute approximate surface area is 124 Å². The zero-order valence-corrected chi connectivity index (χ0v) is 12.5. The lowest BCUT2D eigenvalue weighted by molar-refractivity contribution is -0.121. The van der Waals surface area contributed by atoms with Crippen molar-refractivity contribution >= 4 is 21.6 Å². The molecule has 0 bridgehead atoms. The summed E-state index contributed by atoms with van der Waals surface area (Å²) in [5.41, 5.74) is 7.03. The third-order valence-corrected chi connectivity index (χ3v) is 6.16. The number of anilines is 1. The minimum Gasteiger partial charge on any atom is -0.385 e. The average Bonchev–Trinajstić information content (AvgIpc) is 2.97. The molecule has 6 nitrogen and oxygen atoms in total. The van der Waals surface area contributed by atoms with Gasteiger partial charge >= 0.3 is 0 Å². The van der Waals surface area contributed by atoms with Gasteiger partial charge in [-0.1, -0.05) is 6.07 Å². The first-order valence-corrected chi connectivity index (χ1v) is 8.63. The molecular weight excluding hydrogens is 290 g/mol. The number of primary amides is 1. The van der Waals surface area contributed by atoms with Crippen molar-refractivity contribution in [2.24, 2.45) is 5.73 Å². The number of hydrogen-bond acceptors (Lipinski definition) is 4. The van der Waals surface area contributed by atoms with Gasteiger partial charge in [0, 0.05) is 18.8 Å². The Hall–Kier alpha value is -1.60. The van der Waals surface area contributed by atoms with E-state index in [0.717, 1.165) is 30.6 Å². The molecule has 2 heterocycles. The van der Waals surface area contributed by atoms with Gasteiger partial charge in [0.1, 0.15) is 6.04 Å². The molecule has 0 aromatic heterocycles. The molecule has 3 rings (SSSR count). The highest BCUT2D eigenvalue weighted by atomic mass is 32.2. The molecule has 1 aromatic rings. The summed E-state index contributed by atoms with van der Waals surface area (Å²) in [6.07, 6.45) is 2.80. The lowest BCUT2D eigenvalue weighted by Gasteiger charge is -2.26. The summed E-state index contributed by atoms with van der Waals surface area (Å²) in [6, 6.07) is 4.53. The van der Waals surface area contributed by atoms with E-state index < -0.39 is 22.0 Å². The second-order valence-electron chi connectivity index (χ2n) is 5.49. The molecule has 1 aromatic carbocycles. The van der Waals surface area contributed by atoms with Crippen LogP contribution in [-0.4, -0.2) is 37.8 Å². The number of hydrogen-bond donors (Lipinski definition) is 2. The Bertz CT molecular complexity index is 672. The Morgan fingerprint density at radius 2 is 2.14 bits per heavy atom. The Morgan fingerprint density at radius 3 is 2.90 bits per heavy atom. The average molecular weight is 309 g/mol. The van der Waals surface area contributed by atoms with Gasteiger partial charge in [-0.05, 0) is 43.4 Å². The molecular formula is C14H19N3O3S. The fourth-order valence-electron chi connectivity index (χ4n) is 3.16. The third-order valence-electron chi connectivity index (χ3n) is 4.17. The molecule has 1 saturated heterocycles. The minimum atomic E-state index is -3.68. The summed E-state index contributed by atoms with van der Waals surface area (Å²) in [4.78, 5) is 11.8. The largest absolute Gasteiger partial charge is 0.385 e. The number of carbonyl (C=O) groups excluding carboxylic acids is 1. The van der Waals surface area contributed by atoms with E-state index in [0.29, 0.717) is 24.3 Å². The van der Waals surface area contributed by atoms with Crippen molar-refractivity contribution in [1.29, 1.82) is 0 Å². The summed E-state index contributed by atoms with van der Waals surface area (Å²) in [6.45, 7) is 1.21. The van der Waals surface area contributed by atoms with Crippen molar-refractivity contribution in [2.45, 2.75) is 36.6 Å². The van der Waals surface area contributed by atoms with Crippen LogP contribution < -0.4 is 11.1 Å². The Morgan fingerprint density at radius 1 is 1.33 bits per heavy atom. The van der Waals surface area contributed by atoms with Gasteiger partial charge in [-0.2, -0.15) is 4.31 Å².